The van der Waals surface area contributed by atoms with Gasteiger partial charge in [0.05, 0.1) is 10.6 Å². The monoisotopic (exact) mass is 347 g/mol. The molecule has 1 N–H and O–H groups in total. The van der Waals surface area contributed by atoms with Crippen LogP contribution in [0.1, 0.15) is 35.0 Å². The summed E-state index contributed by atoms with van der Waals surface area (Å²) in [4.78, 5) is 12.5. The molecule has 0 saturated heterocycles. The molecule has 0 radical (unpaired) electrons. The number of halogens is 4. The minimum Gasteiger partial charge on any atom is -0.349 e. The van der Waals surface area contributed by atoms with Crippen LogP contribution in [-0.4, -0.2) is 11.9 Å². The summed E-state index contributed by atoms with van der Waals surface area (Å²) in [7, 11) is 0. The Labute approximate surface area is 134 Å². The number of benzene rings is 1. The Bertz CT molecular complexity index is 736. The lowest BCUT2D eigenvalue weighted by Crippen LogP contribution is -2.33. The van der Waals surface area contributed by atoms with Crippen molar-refractivity contribution in [1.29, 1.82) is 0 Å². The van der Waals surface area contributed by atoms with Crippen LogP contribution in [0.15, 0.2) is 18.2 Å². The minimum atomic E-state index is -4.41. The molecule has 0 bridgehead atoms. The van der Waals surface area contributed by atoms with Gasteiger partial charge in [0.15, 0.2) is 0 Å². The lowest BCUT2D eigenvalue weighted by atomic mass is 10.1. The molecule has 1 aliphatic carbocycles. The van der Waals surface area contributed by atoms with Gasteiger partial charge in [-0.25, -0.2) is 0 Å². The average molecular weight is 348 g/mol. The third-order valence-corrected chi connectivity index (χ3v) is 5.51. The van der Waals surface area contributed by atoms with Gasteiger partial charge in [-0.05, 0) is 37.8 Å². The number of carbonyl (C=O) groups excluding carboxylic acids is 1. The molecule has 118 valence electrons. The van der Waals surface area contributed by atoms with Crippen molar-refractivity contribution < 1.29 is 18.0 Å². The molecule has 1 atom stereocenters. The van der Waals surface area contributed by atoms with E-state index >= 15 is 0 Å². The van der Waals surface area contributed by atoms with Gasteiger partial charge >= 0.3 is 6.18 Å². The maximum atomic E-state index is 12.7. The van der Waals surface area contributed by atoms with Crippen LogP contribution in [0.3, 0.4) is 0 Å². The van der Waals surface area contributed by atoms with E-state index in [9.17, 15) is 18.0 Å². The summed E-state index contributed by atoms with van der Waals surface area (Å²) in [5.74, 6) is 0.174. The molecule has 1 aromatic heterocycles. The first kappa shape index (κ1) is 15.6. The third kappa shape index (κ3) is 2.94. The van der Waals surface area contributed by atoms with Gasteiger partial charge in [0, 0.05) is 16.1 Å². The fourth-order valence-corrected chi connectivity index (χ4v) is 3.83. The van der Waals surface area contributed by atoms with Crippen LogP contribution in [0.25, 0.3) is 10.1 Å². The predicted octanol–water partition coefficient (Wildman–Crippen LogP) is 5.10. The summed E-state index contributed by atoms with van der Waals surface area (Å²) in [5, 5.41) is 3.56. The van der Waals surface area contributed by atoms with Crippen LogP contribution in [0, 0.1) is 5.92 Å². The quantitative estimate of drug-likeness (QED) is 0.822. The summed E-state index contributed by atoms with van der Waals surface area (Å²) >= 11 is 7.16. The maximum Gasteiger partial charge on any atom is 0.416 e. The van der Waals surface area contributed by atoms with Gasteiger partial charge < -0.3 is 5.32 Å². The van der Waals surface area contributed by atoms with E-state index in [1.807, 2.05) is 6.92 Å². The van der Waals surface area contributed by atoms with Gasteiger partial charge in [-0.1, -0.05) is 17.7 Å². The Hall–Kier alpha value is -1.27. The molecule has 1 heterocycles. The summed E-state index contributed by atoms with van der Waals surface area (Å²) in [6.07, 6.45) is -2.22. The van der Waals surface area contributed by atoms with Crippen LogP contribution in [0.2, 0.25) is 5.02 Å². The highest BCUT2D eigenvalue weighted by atomic mass is 35.5. The Morgan fingerprint density at radius 1 is 1.41 bits per heavy atom. The smallest absolute Gasteiger partial charge is 0.349 e. The Morgan fingerprint density at radius 2 is 2.09 bits per heavy atom. The fourth-order valence-electron chi connectivity index (χ4n) is 2.37. The number of alkyl halides is 3. The summed E-state index contributed by atoms with van der Waals surface area (Å²) in [5.41, 5.74) is -0.740. The van der Waals surface area contributed by atoms with Gasteiger partial charge in [0.2, 0.25) is 0 Å². The number of rotatable bonds is 3. The van der Waals surface area contributed by atoms with E-state index in [4.69, 9.17) is 11.6 Å². The largest absolute Gasteiger partial charge is 0.416 e. The van der Waals surface area contributed by atoms with Crippen molar-refractivity contribution in [2.45, 2.75) is 32.0 Å². The second-order valence-electron chi connectivity index (χ2n) is 5.55. The van der Waals surface area contributed by atoms with Gasteiger partial charge in [-0.2, -0.15) is 13.2 Å². The SMILES string of the molecule is C[C@@H](NC(=O)c1sc2cc(C(F)(F)F)ccc2c1Cl)C1CC1. The molecular formula is C15H13ClF3NOS. The van der Waals surface area contributed by atoms with Crippen molar-refractivity contribution in [1.82, 2.24) is 5.32 Å². The number of nitrogens with one attached hydrogen (secondary N) is 1. The molecule has 1 amide bonds. The zero-order chi connectivity index (χ0) is 16.1. The Morgan fingerprint density at radius 3 is 2.68 bits per heavy atom. The minimum absolute atomic E-state index is 0.0551. The van der Waals surface area contributed by atoms with Crippen LogP contribution >= 0.6 is 22.9 Å². The highest BCUT2D eigenvalue weighted by Crippen LogP contribution is 2.39. The molecule has 22 heavy (non-hydrogen) atoms. The van der Waals surface area contributed by atoms with Crippen molar-refractivity contribution in [3.63, 3.8) is 0 Å². The first-order chi connectivity index (χ1) is 10.3. The van der Waals surface area contributed by atoms with Gasteiger partial charge in [-0.15, -0.1) is 11.3 Å². The third-order valence-electron chi connectivity index (χ3n) is 3.85. The molecule has 1 fully saturated rings. The van der Waals surface area contributed by atoms with E-state index in [0.717, 1.165) is 36.3 Å². The molecule has 2 aromatic rings. The van der Waals surface area contributed by atoms with Gasteiger partial charge in [-0.3, -0.25) is 4.79 Å². The van der Waals surface area contributed by atoms with E-state index in [1.54, 1.807) is 0 Å². The normalized spacial score (nSPS) is 16.8. The predicted molar refractivity (Wildman–Crippen MR) is 81.5 cm³/mol. The van der Waals surface area contributed by atoms with Crippen molar-refractivity contribution in [3.8, 4) is 0 Å². The average Bonchev–Trinajstić information content (AvgIpc) is 3.23. The first-order valence-corrected chi connectivity index (χ1v) is 8.07. The lowest BCUT2D eigenvalue weighted by Gasteiger charge is -2.11. The Kier molecular flexibility index (Phi) is 3.85. The van der Waals surface area contributed by atoms with Crippen molar-refractivity contribution in [3.05, 3.63) is 33.7 Å². The van der Waals surface area contributed by atoms with E-state index in [2.05, 4.69) is 5.32 Å². The van der Waals surface area contributed by atoms with Crippen LogP contribution in [0.4, 0.5) is 13.2 Å². The molecular weight excluding hydrogens is 335 g/mol. The summed E-state index contributed by atoms with van der Waals surface area (Å²) in [6.45, 7) is 1.93. The molecule has 0 unspecified atom stereocenters. The fraction of sp³-hybridized carbons (Fsp3) is 0.400. The molecule has 1 saturated carbocycles. The van der Waals surface area contributed by atoms with Crippen molar-refractivity contribution >= 4 is 38.9 Å². The van der Waals surface area contributed by atoms with Gasteiger partial charge in [0.1, 0.15) is 4.88 Å². The molecule has 1 aromatic carbocycles. The number of carbonyl (C=O) groups is 1. The summed E-state index contributed by atoms with van der Waals surface area (Å²) in [6, 6.07) is 3.39. The van der Waals surface area contributed by atoms with E-state index in [-0.39, 0.29) is 21.8 Å². The van der Waals surface area contributed by atoms with Crippen molar-refractivity contribution in [2.75, 3.05) is 0 Å². The zero-order valence-electron chi connectivity index (χ0n) is 11.6. The van der Waals surface area contributed by atoms with Crippen LogP contribution in [-0.2, 0) is 6.18 Å². The zero-order valence-corrected chi connectivity index (χ0v) is 13.2. The number of fused-ring (bicyclic) bond motifs is 1. The number of amides is 1. The van der Waals surface area contributed by atoms with Gasteiger partial charge in [0.25, 0.3) is 5.91 Å². The lowest BCUT2D eigenvalue weighted by molar-refractivity contribution is -0.137. The maximum absolute atomic E-state index is 12.7. The van der Waals surface area contributed by atoms with E-state index < -0.39 is 11.7 Å². The number of thiophene rings is 1. The van der Waals surface area contributed by atoms with Crippen LogP contribution < -0.4 is 5.32 Å². The molecule has 0 spiro atoms. The first-order valence-electron chi connectivity index (χ1n) is 6.87. The number of hydrogen-bond donors (Lipinski definition) is 1. The molecule has 1 aliphatic rings. The van der Waals surface area contributed by atoms with Crippen LogP contribution in [0.5, 0.6) is 0 Å². The van der Waals surface area contributed by atoms with E-state index in [1.165, 1.54) is 6.07 Å². The second-order valence-corrected chi connectivity index (χ2v) is 6.98. The van der Waals surface area contributed by atoms with E-state index in [0.29, 0.717) is 16.0 Å². The highest BCUT2D eigenvalue weighted by Gasteiger charge is 2.32. The highest BCUT2D eigenvalue weighted by molar-refractivity contribution is 7.21. The van der Waals surface area contributed by atoms with Crippen molar-refractivity contribution in [2.24, 2.45) is 5.92 Å². The Balaban J connectivity index is 1.93. The summed E-state index contributed by atoms with van der Waals surface area (Å²) < 4.78 is 38.6. The topological polar surface area (TPSA) is 29.1 Å². The standard InChI is InChI=1S/C15H13ClF3NOS/c1-7(8-2-3-8)20-14(21)13-12(16)10-5-4-9(15(17,18)19)6-11(10)22-13/h4-8H,2-3H2,1H3,(H,20,21)/t7-/m1/s1. The molecule has 7 heteroatoms. The molecule has 0 aliphatic heterocycles. The molecule has 2 nitrogen and oxygen atoms in total. The number of hydrogen-bond acceptors (Lipinski definition) is 2. The second kappa shape index (κ2) is 5.42. The molecule has 3 rings (SSSR count).